The second-order valence-electron chi connectivity index (χ2n) is 8.00. The van der Waals surface area contributed by atoms with Gasteiger partial charge in [-0.05, 0) is 43.4 Å². The predicted molar refractivity (Wildman–Crippen MR) is 81.0 cm³/mol. The largest absolute Gasteiger partial charge is 0.481 e. The summed E-state index contributed by atoms with van der Waals surface area (Å²) < 4.78 is 5.29. The van der Waals surface area contributed by atoms with E-state index < -0.39 is 5.97 Å². The van der Waals surface area contributed by atoms with Crippen LogP contribution in [0.2, 0.25) is 0 Å². The van der Waals surface area contributed by atoms with Crippen LogP contribution in [0.5, 0.6) is 0 Å². The molecule has 7 heteroatoms. The molecule has 1 N–H and O–H groups in total. The number of piperidine rings is 1. The summed E-state index contributed by atoms with van der Waals surface area (Å²) >= 11 is 0. The van der Waals surface area contributed by atoms with Crippen molar-refractivity contribution in [3.63, 3.8) is 0 Å². The molecule has 2 saturated carbocycles. The number of aryl methyl sites for hydroxylation is 1. The summed E-state index contributed by atoms with van der Waals surface area (Å²) in [6.45, 7) is 5.86. The van der Waals surface area contributed by atoms with Crippen molar-refractivity contribution in [1.82, 2.24) is 15.0 Å². The number of carbonyl (C=O) groups is 1. The van der Waals surface area contributed by atoms with Gasteiger partial charge in [-0.3, -0.25) is 9.69 Å². The van der Waals surface area contributed by atoms with Crippen LogP contribution < -0.4 is 4.90 Å². The molecule has 23 heavy (non-hydrogen) atoms. The predicted octanol–water partition coefficient (Wildman–Crippen LogP) is 0.999. The lowest BCUT2D eigenvalue weighted by Gasteiger charge is -2.49. The lowest BCUT2D eigenvalue weighted by atomic mass is 9.64. The first-order chi connectivity index (χ1) is 11.0. The monoisotopic (exact) mass is 318 g/mol. The van der Waals surface area contributed by atoms with Crippen molar-refractivity contribution < 1.29 is 14.4 Å². The number of aliphatic carboxylic acids is 1. The molecule has 0 amide bonds. The van der Waals surface area contributed by atoms with Crippen LogP contribution in [-0.2, 0) is 4.79 Å². The summed E-state index contributed by atoms with van der Waals surface area (Å²) in [4.78, 5) is 20.2. The Morgan fingerprint density at radius 1 is 1.35 bits per heavy atom. The number of rotatable bonds is 3. The Balaban J connectivity index is 1.16. The average molecular weight is 318 g/mol. The van der Waals surface area contributed by atoms with Gasteiger partial charge in [0.2, 0.25) is 0 Å². The number of nitrogens with zero attached hydrogens (tertiary/aromatic N) is 4. The zero-order valence-electron chi connectivity index (χ0n) is 13.3. The van der Waals surface area contributed by atoms with E-state index in [1.165, 1.54) is 19.3 Å². The van der Waals surface area contributed by atoms with Crippen LogP contribution in [0.25, 0.3) is 0 Å². The summed E-state index contributed by atoms with van der Waals surface area (Å²) in [5.74, 6) is 0.891. The van der Waals surface area contributed by atoms with Gasteiger partial charge < -0.3 is 14.5 Å². The molecule has 2 aliphatic carbocycles. The standard InChI is InChI=1S/C16H22N4O3/c1-9-17-15(23-18-9)19-3-2-16(8-19)4-10(5-16)20-6-11-12(7-20)13(11)14(21)22/h10-13H,2-8H2,1H3,(H,21,22)/t10?,11-,12+,13?,16?. The van der Waals surface area contributed by atoms with Crippen LogP contribution in [0.1, 0.15) is 25.1 Å². The van der Waals surface area contributed by atoms with Gasteiger partial charge in [-0.1, -0.05) is 5.16 Å². The van der Waals surface area contributed by atoms with E-state index in [1.807, 2.05) is 6.92 Å². The molecular formula is C16H22N4O3. The molecule has 1 spiro atoms. The molecule has 4 aliphatic rings. The van der Waals surface area contributed by atoms with Crippen molar-refractivity contribution in [2.45, 2.75) is 32.2 Å². The third-order valence-corrected chi connectivity index (χ3v) is 6.59. The highest BCUT2D eigenvalue weighted by molar-refractivity contribution is 5.74. The van der Waals surface area contributed by atoms with Gasteiger partial charge >= 0.3 is 12.0 Å². The average Bonchev–Trinajstić information content (AvgIpc) is 2.93. The number of carboxylic acid groups (broad SMARTS) is 1. The normalized spacial score (nSPS) is 42.0. The van der Waals surface area contributed by atoms with E-state index in [-0.39, 0.29) is 5.92 Å². The van der Waals surface area contributed by atoms with Gasteiger partial charge in [0.25, 0.3) is 0 Å². The summed E-state index contributed by atoms with van der Waals surface area (Å²) in [7, 11) is 0. The van der Waals surface area contributed by atoms with Gasteiger partial charge in [-0.2, -0.15) is 4.98 Å². The zero-order chi connectivity index (χ0) is 15.8. The molecule has 124 valence electrons. The molecule has 0 aromatic carbocycles. The highest BCUT2D eigenvalue weighted by atomic mass is 16.5. The maximum Gasteiger partial charge on any atom is 0.324 e. The Morgan fingerprint density at radius 3 is 2.70 bits per heavy atom. The highest BCUT2D eigenvalue weighted by Gasteiger charge is 2.62. The Bertz CT molecular complexity index is 642. The molecule has 0 bridgehead atoms. The fourth-order valence-electron chi connectivity index (χ4n) is 5.27. The van der Waals surface area contributed by atoms with E-state index in [1.54, 1.807) is 0 Å². The van der Waals surface area contributed by atoms with Crippen LogP contribution in [0.3, 0.4) is 0 Å². The number of carboxylic acids is 1. The molecule has 4 fully saturated rings. The van der Waals surface area contributed by atoms with Gasteiger partial charge in [-0.25, -0.2) is 0 Å². The molecule has 3 heterocycles. The Kier molecular flexibility index (Phi) is 2.67. The first-order valence-electron chi connectivity index (χ1n) is 8.57. The van der Waals surface area contributed by atoms with Gasteiger partial charge in [0, 0.05) is 32.2 Å². The van der Waals surface area contributed by atoms with Crippen molar-refractivity contribution in [3.05, 3.63) is 5.82 Å². The van der Waals surface area contributed by atoms with Crippen molar-refractivity contribution >= 4 is 12.0 Å². The van der Waals surface area contributed by atoms with Crippen LogP contribution >= 0.6 is 0 Å². The Hall–Kier alpha value is -1.63. The van der Waals surface area contributed by atoms with Crippen molar-refractivity contribution in [1.29, 1.82) is 0 Å². The van der Waals surface area contributed by atoms with Gasteiger partial charge in [-0.15, -0.1) is 0 Å². The number of aromatic nitrogens is 2. The maximum absolute atomic E-state index is 11.1. The minimum Gasteiger partial charge on any atom is -0.481 e. The number of hydrogen-bond donors (Lipinski definition) is 1. The molecule has 2 aliphatic heterocycles. The van der Waals surface area contributed by atoms with E-state index in [0.717, 1.165) is 26.2 Å². The van der Waals surface area contributed by atoms with Crippen LogP contribution in [-0.4, -0.2) is 58.3 Å². The first kappa shape index (κ1) is 13.8. The minimum atomic E-state index is -0.592. The highest BCUT2D eigenvalue weighted by Crippen LogP contribution is 2.57. The molecule has 1 unspecified atom stereocenters. The summed E-state index contributed by atoms with van der Waals surface area (Å²) in [6.07, 6.45) is 3.66. The SMILES string of the molecule is Cc1noc(N2CCC3(CC(N4C[C@@H]5C(C(=O)O)[C@@H]5C4)C3)C2)n1. The van der Waals surface area contributed by atoms with Crippen LogP contribution in [0, 0.1) is 30.1 Å². The minimum absolute atomic E-state index is 0.0528. The zero-order valence-corrected chi connectivity index (χ0v) is 13.3. The van der Waals surface area contributed by atoms with E-state index in [0.29, 0.717) is 35.1 Å². The Labute approximate surface area is 134 Å². The molecule has 0 radical (unpaired) electrons. The Morgan fingerprint density at radius 2 is 2.09 bits per heavy atom. The molecule has 3 atom stereocenters. The third kappa shape index (κ3) is 2.02. The van der Waals surface area contributed by atoms with E-state index >= 15 is 0 Å². The fourth-order valence-corrected chi connectivity index (χ4v) is 5.27. The van der Waals surface area contributed by atoms with Crippen LogP contribution in [0.4, 0.5) is 6.01 Å². The van der Waals surface area contributed by atoms with E-state index in [9.17, 15) is 4.79 Å². The summed E-state index contributed by atoms with van der Waals surface area (Å²) in [5.41, 5.74) is 0.409. The number of fused-ring (bicyclic) bond motifs is 1. The van der Waals surface area contributed by atoms with Crippen molar-refractivity contribution in [2.24, 2.45) is 23.2 Å². The lowest BCUT2D eigenvalue weighted by molar-refractivity contribution is -0.139. The molecule has 2 saturated heterocycles. The molecule has 1 aromatic heterocycles. The first-order valence-corrected chi connectivity index (χ1v) is 8.57. The van der Waals surface area contributed by atoms with E-state index in [4.69, 9.17) is 9.63 Å². The third-order valence-electron chi connectivity index (χ3n) is 6.59. The molecule has 7 nitrogen and oxygen atoms in total. The van der Waals surface area contributed by atoms with E-state index in [2.05, 4.69) is 19.9 Å². The van der Waals surface area contributed by atoms with Gasteiger partial charge in [0.1, 0.15) is 0 Å². The molecule has 5 rings (SSSR count). The topological polar surface area (TPSA) is 82.7 Å². The number of likely N-dealkylation sites (tertiary alicyclic amines) is 1. The van der Waals surface area contributed by atoms with Gasteiger partial charge in [0.15, 0.2) is 5.82 Å². The fraction of sp³-hybridized carbons (Fsp3) is 0.812. The quantitative estimate of drug-likeness (QED) is 0.890. The second kappa shape index (κ2) is 4.47. The van der Waals surface area contributed by atoms with Crippen LogP contribution in [0.15, 0.2) is 4.52 Å². The summed E-state index contributed by atoms with van der Waals surface area (Å²) in [6, 6.07) is 1.32. The van der Waals surface area contributed by atoms with Crippen molar-refractivity contribution in [3.8, 4) is 0 Å². The van der Waals surface area contributed by atoms with Gasteiger partial charge in [0.05, 0.1) is 5.92 Å². The smallest absolute Gasteiger partial charge is 0.324 e. The number of anilines is 1. The molecule has 1 aromatic rings. The number of hydrogen-bond acceptors (Lipinski definition) is 6. The lowest BCUT2D eigenvalue weighted by Crippen LogP contribution is -2.52. The van der Waals surface area contributed by atoms with Crippen molar-refractivity contribution in [2.75, 3.05) is 31.1 Å². The second-order valence-corrected chi connectivity index (χ2v) is 8.00. The molecular weight excluding hydrogens is 296 g/mol. The maximum atomic E-state index is 11.1. The summed E-state index contributed by atoms with van der Waals surface area (Å²) in [5, 5.41) is 13.0.